The Labute approximate surface area is 140 Å². The summed E-state index contributed by atoms with van der Waals surface area (Å²) in [6.07, 6.45) is 4.90. The van der Waals surface area contributed by atoms with Crippen molar-refractivity contribution in [3.63, 3.8) is 0 Å². The van der Waals surface area contributed by atoms with Gasteiger partial charge in [0.1, 0.15) is 5.75 Å². The highest BCUT2D eigenvalue weighted by molar-refractivity contribution is 6.34. The first kappa shape index (κ1) is 15.7. The molecule has 1 aliphatic carbocycles. The zero-order chi connectivity index (χ0) is 16.2. The third-order valence-corrected chi connectivity index (χ3v) is 4.40. The number of halogens is 1. The molecule has 1 aliphatic rings. The van der Waals surface area contributed by atoms with Crippen LogP contribution in [0.25, 0.3) is 0 Å². The fraction of sp³-hybridized carbons (Fsp3) is 0.278. The van der Waals surface area contributed by atoms with Crippen LogP contribution in [0.5, 0.6) is 5.75 Å². The van der Waals surface area contributed by atoms with Gasteiger partial charge in [0.2, 0.25) is 0 Å². The van der Waals surface area contributed by atoms with Gasteiger partial charge in [0.15, 0.2) is 0 Å². The Morgan fingerprint density at radius 2 is 1.87 bits per heavy atom. The predicted molar refractivity (Wildman–Crippen MR) is 93.4 cm³/mol. The van der Waals surface area contributed by atoms with Gasteiger partial charge < -0.3 is 15.7 Å². The fourth-order valence-electron chi connectivity index (χ4n) is 2.87. The molecule has 0 spiro atoms. The van der Waals surface area contributed by atoms with Crippen molar-refractivity contribution in [1.29, 1.82) is 0 Å². The van der Waals surface area contributed by atoms with E-state index in [-0.39, 0.29) is 17.2 Å². The van der Waals surface area contributed by atoms with Crippen molar-refractivity contribution in [3.8, 4) is 5.75 Å². The third-order valence-electron chi connectivity index (χ3n) is 4.09. The Balaban J connectivity index is 1.70. The molecular weight excluding hydrogens is 312 g/mol. The average Bonchev–Trinajstić information content (AvgIpc) is 3.03. The van der Waals surface area contributed by atoms with E-state index in [1.807, 2.05) is 12.1 Å². The van der Waals surface area contributed by atoms with E-state index in [2.05, 4.69) is 10.6 Å². The van der Waals surface area contributed by atoms with Gasteiger partial charge in [-0.2, -0.15) is 0 Å². The topological polar surface area (TPSA) is 61.4 Å². The van der Waals surface area contributed by atoms with Crippen molar-refractivity contribution < 1.29 is 9.90 Å². The molecule has 3 rings (SSSR count). The van der Waals surface area contributed by atoms with Crippen LogP contribution in [0.15, 0.2) is 42.5 Å². The minimum absolute atomic E-state index is 0.0550. The van der Waals surface area contributed by atoms with Crippen molar-refractivity contribution in [2.75, 3.05) is 10.6 Å². The number of anilines is 2. The van der Waals surface area contributed by atoms with Crippen LogP contribution in [0.2, 0.25) is 5.02 Å². The van der Waals surface area contributed by atoms with Gasteiger partial charge in [-0.15, -0.1) is 0 Å². The number of hydrogen-bond acceptors (Lipinski definition) is 3. The van der Waals surface area contributed by atoms with E-state index in [1.54, 1.807) is 24.3 Å². The zero-order valence-corrected chi connectivity index (χ0v) is 13.4. The molecule has 0 aromatic heterocycles. The summed E-state index contributed by atoms with van der Waals surface area (Å²) in [5, 5.41) is 16.4. The molecule has 0 aliphatic heterocycles. The van der Waals surface area contributed by atoms with Crippen molar-refractivity contribution >= 4 is 28.9 Å². The van der Waals surface area contributed by atoms with Gasteiger partial charge in [0.25, 0.3) is 5.91 Å². The number of phenolic OH excluding ortho intramolecular Hbond substituents is 1. The van der Waals surface area contributed by atoms with Crippen LogP contribution < -0.4 is 10.6 Å². The maximum absolute atomic E-state index is 12.2. The standard InChI is InChI=1S/C18H19ClN2O2/c19-15-11-13(20-12-5-1-2-6-12)9-10-16(15)21-18(23)14-7-3-4-8-17(14)22/h3-4,7-12,20,22H,1-2,5-6H2,(H,21,23). The smallest absolute Gasteiger partial charge is 0.259 e. The SMILES string of the molecule is O=C(Nc1ccc(NC2CCCC2)cc1Cl)c1ccccc1O. The molecule has 2 aromatic carbocycles. The summed E-state index contributed by atoms with van der Waals surface area (Å²) in [5.41, 5.74) is 1.70. The maximum atomic E-state index is 12.2. The summed E-state index contributed by atoms with van der Waals surface area (Å²) in [6.45, 7) is 0. The van der Waals surface area contributed by atoms with Crippen LogP contribution in [-0.2, 0) is 0 Å². The second-order valence-corrected chi connectivity index (χ2v) is 6.20. The summed E-state index contributed by atoms with van der Waals surface area (Å²) in [5.74, 6) is -0.442. The molecule has 120 valence electrons. The molecule has 3 N–H and O–H groups in total. The Kier molecular flexibility index (Phi) is 4.72. The highest BCUT2D eigenvalue weighted by Crippen LogP contribution is 2.29. The van der Waals surface area contributed by atoms with E-state index < -0.39 is 0 Å². The van der Waals surface area contributed by atoms with Crippen LogP contribution >= 0.6 is 11.6 Å². The molecule has 0 atom stereocenters. The zero-order valence-electron chi connectivity index (χ0n) is 12.7. The number of para-hydroxylation sites is 1. The molecule has 0 unspecified atom stereocenters. The van der Waals surface area contributed by atoms with Crippen LogP contribution in [0.3, 0.4) is 0 Å². The van der Waals surface area contributed by atoms with Crippen molar-refractivity contribution in [1.82, 2.24) is 0 Å². The number of carbonyl (C=O) groups is 1. The Hall–Kier alpha value is -2.20. The lowest BCUT2D eigenvalue weighted by atomic mass is 10.1. The Bertz CT molecular complexity index is 712. The molecule has 1 saturated carbocycles. The summed E-state index contributed by atoms with van der Waals surface area (Å²) in [7, 11) is 0. The van der Waals surface area contributed by atoms with Crippen LogP contribution in [0.1, 0.15) is 36.0 Å². The van der Waals surface area contributed by atoms with E-state index in [0.717, 1.165) is 5.69 Å². The van der Waals surface area contributed by atoms with Gasteiger partial charge in [-0.05, 0) is 43.2 Å². The van der Waals surface area contributed by atoms with Crippen molar-refractivity contribution in [3.05, 3.63) is 53.1 Å². The van der Waals surface area contributed by atoms with E-state index in [9.17, 15) is 9.90 Å². The molecule has 23 heavy (non-hydrogen) atoms. The second kappa shape index (κ2) is 6.92. The van der Waals surface area contributed by atoms with Crippen LogP contribution in [-0.4, -0.2) is 17.1 Å². The largest absolute Gasteiger partial charge is 0.507 e. The van der Waals surface area contributed by atoms with E-state index >= 15 is 0 Å². The number of hydrogen-bond donors (Lipinski definition) is 3. The lowest BCUT2D eigenvalue weighted by Gasteiger charge is -2.15. The first-order chi connectivity index (χ1) is 11.1. The number of carbonyl (C=O) groups excluding carboxylic acids is 1. The van der Waals surface area contributed by atoms with Gasteiger partial charge in [-0.1, -0.05) is 36.6 Å². The highest BCUT2D eigenvalue weighted by atomic mass is 35.5. The molecule has 0 heterocycles. The van der Waals surface area contributed by atoms with E-state index in [4.69, 9.17) is 11.6 Å². The molecule has 5 heteroatoms. The summed E-state index contributed by atoms with van der Waals surface area (Å²) in [6, 6.07) is 12.4. The van der Waals surface area contributed by atoms with E-state index in [1.165, 1.54) is 31.7 Å². The number of aromatic hydroxyl groups is 1. The minimum atomic E-state index is -0.387. The van der Waals surface area contributed by atoms with Gasteiger partial charge >= 0.3 is 0 Å². The number of phenols is 1. The highest BCUT2D eigenvalue weighted by Gasteiger charge is 2.16. The quantitative estimate of drug-likeness (QED) is 0.764. The number of benzene rings is 2. The van der Waals surface area contributed by atoms with Crippen LogP contribution in [0.4, 0.5) is 11.4 Å². The van der Waals surface area contributed by atoms with Gasteiger partial charge in [-0.25, -0.2) is 0 Å². The fourth-order valence-corrected chi connectivity index (χ4v) is 3.10. The lowest BCUT2D eigenvalue weighted by molar-refractivity contribution is 0.102. The first-order valence-corrected chi connectivity index (χ1v) is 8.17. The van der Waals surface area contributed by atoms with Gasteiger partial charge in [0.05, 0.1) is 16.3 Å². The molecular formula is C18H19ClN2O2. The first-order valence-electron chi connectivity index (χ1n) is 7.79. The average molecular weight is 331 g/mol. The number of rotatable bonds is 4. The molecule has 0 saturated heterocycles. The summed E-state index contributed by atoms with van der Waals surface area (Å²) < 4.78 is 0. The molecule has 0 radical (unpaired) electrons. The Morgan fingerprint density at radius 3 is 2.57 bits per heavy atom. The van der Waals surface area contributed by atoms with E-state index in [0.29, 0.717) is 16.8 Å². The molecule has 0 bridgehead atoms. The van der Waals surface area contributed by atoms with Crippen molar-refractivity contribution in [2.45, 2.75) is 31.7 Å². The number of nitrogens with one attached hydrogen (secondary N) is 2. The Morgan fingerprint density at radius 1 is 1.13 bits per heavy atom. The van der Waals surface area contributed by atoms with Gasteiger partial charge in [-0.3, -0.25) is 4.79 Å². The molecule has 2 aromatic rings. The second-order valence-electron chi connectivity index (χ2n) is 5.79. The van der Waals surface area contributed by atoms with Gasteiger partial charge in [0, 0.05) is 11.7 Å². The monoisotopic (exact) mass is 330 g/mol. The minimum Gasteiger partial charge on any atom is -0.507 e. The predicted octanol–water partition coefficient (Wildman–Crippen LogP) is 4.65. The normalized spacial score (nSPS) is 14.7. The molecule has 4 nitrogen and oxygen atoms in total. The molecule has 1 amide bonds. The van der Waals surface area contributed by atoms with Crippen molar-refractivity contribution in [2.24, 2.45) is 0 Å². The summed E-state index contributed by atoms with van der Waals surface area (Å²) in [4.78, 5) is 12.2. The summed E-state index contributed by atoms with van der Waals surface area (Å²) >= 11 is 6.27. The number of amides is 1. The molecule has 1 fully saturated rings. The third kappa shape index (κ3) is 3.77. The maximum Gasteiger partial charge on any atom is 0.259 e. The van der Waals surface area contributed by atoms with Crippen LogP contribution in [0, 0.1) is 0 Å². The lowest BCUT2D eigenvalue weighted by Crippen LogP contribution is -2.15.